The van der Waals surface area contributed by atoms with Gasteiger partial charge in [0.2, 0.25) is 0 Å². The summed E-state index contributed by atoms with van der Waals surface area (Å²) in [7, 11) is 1.88. The van der Waals surface area contributed by atoms with Crippen LogP contribution in [0.1, 0.15) is 5.56 Å². The minimum absolute atomic E-state index is 1.00. The highest BCUT2D eigenvalue weighted by Crippen LogP contribution is 2.23. The molecule has 0 saturated carbocycles. The van der Waals surface area contributed by atoms with Gasteiger partial charge in [-0.2, -0.15) is 0 Å². The van der Waals surface area contributed by atoms with Crippen LogP contribution in [0.5, 0.6) is 0 Å². The van der Waals surface area contributed by atoms with Crippen molar-refractivity contribution in [2.24, 2.45) is 0 Å². The molecular formula is C19H19N. The molecule has 0 aliphatic heterocycles. The smallest absolute Gasteiger partial charge is 0.00277 e. The summed E-state index contributed by atoms with van der Waals surface area (Å²) in [6, 6.07) is 18.8. The summed E-state index contributed by atoms with van der Waals surface area (Å²) in [6.07, 6.45) is 7.82. The zero-order valence-corrected chi connectivity index (χ0v) is 11.7. The molecule has 0 spiro atoms. The molecule has 0 bridgehead atoms. The van der Waals surface area contributed by atoms with Crippen LogP contribution in [0, 0.1) is 0 Å². The first-order valence-electron chi connectivity index (χ1n) is 6.66. The lowest BCUT2D eigenvalue weighted by Gasteiger charge is -2.05. The molecule has 2 aromatic rings. The Bertz CT molecular complexity index is 621. The maximum Gasteiger partial charge on any atom is 0.00277 e. The summed E-state index contributed by atoms with van der Waals surface area (Å²) < 4.78 is 0. The maximum absolute atomic E-state index is 4.12. The van der Waals surface area contributed by atoms with Crippen molar-refractivity contribution >= 4 is 5.57 Å². The minimum atomic E-state index is 1.00. The van der Waals surface area contributed by atoms with Crippen molar-refractivity contribution in [1.29, 1.82) is 0 Å². The molecule has 100 valence electrons. The van der Waals surface area contributed by atoms with E-state index in [0.717, 1.165) is 11.1 Å². The quantitative estimate of drug-likeness (QED) is 0.772. The minimum Gasteiger partial charge on any atom is -0.394 e. The largest absolute Gasteiger partial charge is 0.394 e. The van der Waals surface area contributed by atoms with Crippen LogP contribution in [-0.2, 0) is 0 Å². The van der Waals surface area contributed by atoms with Gasteiger partial charge in [-0.3, -0.25) is 0 Å². The molecule has 2 aromatic carbocycles. The first kappa shape index (κ1) is 13.9. The van der Waals surface area contributed by atoms with Gasteiger partial charge < -0.3 is 5.32 Å². The molecule has 0 aromatic heterocycles. The topological polar surface area (TPSA) is 12.0 Å². The number of nitrogens with one attached hydrogen (secondary N) is 1. The van der Waals surface area contributed by atoms with Crippen LogP contribution in [-0.4, -0.2) is 7.05 Å². The molecule has 2 rings (SSSR count). The fraction of sp³-hybridized carbons (Fsp3) is 0.0526. The fourth-order valence-electron chi connectivity index (χ4n) is 1.95. The number of hydrogen-bond donors (Lipinski definition) is 1. The zero-order valence-electron chi connectivity index (χ0n) is 11.7. The van der Waals surface area contributed by atoms with Crippen LogP contribution < -0.4 is 5.32 Å². The van der Waals surface area contributed by atoms with Gasteiger partial charge in [0, 0.05) is 7.05 Å². The van der Waals surface area contributed by atoms with E-state index in [9.17, 15) is 0 Å². The Kier molecular flexibility index (Phi) is 4.96. The van der Waals surface area contributed by atoms with Gasteiger partial charge in [-0.05, 0) is 40.6 Å². The predicted octanol–water partition coefficient (Wildman–Crippen LogP) is 4.66. The van der Waals surface area contributed by atoms with E-state index in [0.29, 0.717) is 0 Å². The lowest BCUT2D eigenvalue weighted by Crippen LogP contribution is -1.89. The van der Waals surface area contributed by atoms with Gasteiger partial charge in [-0.25, -0.2) is 0 Å². The van der Waals surface area contributed by atoms with Gasteiger partial charge >= 0.3 is 0 Å². The van der Waals surface area contributed by atoms with Gasteiger partial charge in [-0.15, -0.1) is 0 Å². The van der Waals surface area contributed by atoms with E-state index in [2.05, 4.69) is 60.4 Å². The summed E-state index contributed by atoms with van der Waals surface area (Å²) in [5, 5.41) is 2.95. The highest BCUT2D eigenvalue weighted by Gasteiger charge is 1.99. The molecule has 0 atom stereocenters. The predicted molar refractivity (Wildman–Crippen MR) is 88.3 cm³/mol. The first-order valence-corrected chi connectivity index (χ1v) is 6.66. The molecule has 1 N–H and O–H groups in total. The van der Waals surface area contributed by atoms with E-state index >= 15 is 0 Å². The third-order valence-electron chi connectivity index (χ3n) is 3.01. The number of benzene rings is 2. The number of rotatable bonds is 5. The highest BCUT2D eigenvalue weighted by molar-refractivity contribution is 5.76. The van der Waals surface area contributed by atoms with E-state index in [1.807, 2.05) is 37.5 Å². The Morgan fingerprint density at radius 2 is 1.70 bits per heavy atom. The van der Waals surface area contributed by atoms with Crippen LogP contribution >= 0.6 is 0 Å². The van der Waals surface area contributed by atoms with Gasteiger partial charge in [0.15, 0.2) is 0 Å². The van der Waals surface area contributed by atoms with Crippen LogP contribution in [0.25, 0.3) is 16.7 Å². The van der Waals surface area contributed by atoms with E-state index < -0.39 is 0 Å². The Labute approximate surface area is 121 Å². The molecule has 0 aliphatic rings. The van der Waals surface area contributed by atoms with Gasteiger partial charge in [-0.1, -0.05) is 67.3 Å². The van der Waals surface area contributed by atoms with Crippen molar-refractivity contribution in [3.63, 3.8) is 0 Å². The summed E-state index contributed by atoms with van der Waals surface area (Å²) >= 11 is 0. The molecule has 0 aliphatic carbocycles. The SMILES string of the molecule is C=C(/C=C\C=C/NC)c1cccc(-c2ccccc2)c1. The first-order chi connectivity index (χ1) is 9.81. The van der Waals surface area contributed by atoms with Gasteiger partial charge in [0.1, 0.15) is 0 Å². The molecule has 1 nitrogen and oxygen atoms in total. The van der Waals surface area contributed by atoms with Crippen molar-refractivity contribution < 1.29 is 0 Å². The van der Waals surface area contributed by atoms with E-state index in [-0.39, 0.29) is 0 Å². The van der Waals surface area contributed by atoms with Crippen molar-refractivity contribution in [2.45, 2.75) is 0 Å². The van der Waals surface area contributed by atoms with Crippen LogP contribution in [0.3, 0.4) is 0 Å². The third kappa shape index (κ3) is 3.72. The second-order valence-corrected chi connectivity index (χ2v) is 4.48. The summed E-state index contributed by atoms with van der Waals surface area (Å²) in [5.74, 6) is 0. The van der Waals surface area contributed by atoms with Gasteiger partial charge in [0.05, 0.1) is 0 Å². The summed E-state index contributed by atoms with van der Waals surface area (Å²) in [5.41, 5.74) is 4.58. The standard InChI is InChI=1S/C19H19N/c1-16(9-6-7-14-20-2)18-12-8-13-19(15-18)17-10-4-3-5-11-17/h3-15,20H,1H2,2H3/b9-6-,14-7-. The van der Waals surface area contributed by atoms with Crippen LogP contribution in [0.15, 0.2) is 85.6 Å². The van der Waals surface area contributed by atoms with Crippen LogP contribution in [0.2, 0.25) is 0 Å². The maximum atomic E-state index is 4.12. The lowest BCUT2D eigenvalue weighted by molar-refractivity contribution is 1.10. The van der Waals surface area contributed by atoms with Crippen molar-refractivity contribution in [1.82, 2.24) is 5.32 Å². The highest BCUT2D eigenvalue weighted by atomic mass is 14.8. The molecule has 0 fully saturated rings. The number of allylic oxidation sites excluding steroid dienone is 4. The molecule has 0 radical (unpaired) electrons. The molecule has 1 heteroatoms. The van der Waals surface area contributed by atoms with Crippen molar-refractivity contribution in [2.75, 3.05) is 7.05 Å². The van der Waals surface area contributed by atoms with E-state index in [1.165, 1.54) is 11.1 Å². The molecule has 0 heterocycles. The molecular weight excluding hydrogens is 242 g/mol. The second-order valence-electron chi connectivity index (χ2n) is 4.48. The Morgan fingerprint density at radius 3 is 2.45 bits per heavy atom. The Hall–Kier alpha value is -2.54. The van der Waals surface area contributed by atoms with Crippen molar-refractivity contribution in [3.05, 3.63) is 91.2 Å². The summed E-state index contributed by atoms with van der Waals surface area (Å²) in [4.78, 5) is 0. The Balaban J connectivity index is 2.20. The average Bonchev–Trinajstić information content (AvgIpc) is 2.52. The fourth-order valence-corrected chi connectivity index (χ4v) is 1.95. The molecule has 0 unspecified atom stereocenters. The monoisotopic (exact) mass is 261 g/mol. The second kappa shape index (κ2) is 7.15. The molecule has 0 amide bonds. The molecule has 20 heavy (non-hydrogen) atoms. The number of hydrogen-bond acceptors (Lipinski definition) is 1. The Morgan fingerprint density at radius 1 is 0.950 bits per heavy atom. The summed E-state index contributed by atoms with van der Waals surface area (Å²) in [6.45, 7) is 4.12. The molecule has 0 saturated heterocycles. The third-order valence-corrected chi connectivity index (χ3v) is 3.01. The van der Waals surface area contributed by atoms with Gasteiger partial charge in [0.25, 0.3) is 0 Å². The average molecular weight is 261 g/mol. The van der Waals surface area contributed by atoms with E-state index in [4.69, 9.17) is 0 Å². The normalized spacial score (nSPS) is 11.1. The van der Waals surface area contributed by atoms with Crippen molar-refractivity contribution in [3.8, 4) is 11.1 Å². The van der Waals surface area contributed by atoms with E-state index in [1.54, 1.807) is 0 Å². The zero-order chi connectivity index (χ0) is 14.2. The van der Waals surface area contributed by atoms with Crippen LogP contribution in [0.4, 0.5) is 0 Å². The lowest BCUT2D eigenvalue weighted by atomic mass is 10.00.